The zero-order chi connectivity index (χ0) is 15.5. The maximum atomic E-state index is 13.4. The molecular weight excluding hydrogens is 284 g/mol. The molecule has 1 aliphatic heterocycles. The average molecular weight is 299 g/mol. The average Bonchev–Trinajstić information content (AvgIpc) is 2.45. The number of carbonyl (C=O) groups excluding carboxylic acids is 1. The molecule has 1 atom stereocenters. The first-order valence-electron chi connectivity index (χ1n) is 6.46. The fourth-order valence-corrected chi connectivity index (χ4v) is 2.14. The molecule has 21 heavy (non-hydrogen) atoms. The van der Waals surface area contributed by atoms with E-state index in [0.29, 0.717) is 0 Å². The summed E-state index contributed by atoms with van der Waals surface area (Å²) in [5, 5.41) is 8.82. The smallest absolute Gasteiger partial charge is 0.410 e. The molecule has 1 aliphatic rings. The van der Waals surface area contributed by atoms with Crippen molar-refractivity contribution in [1.82, 2.24) is 4.90 Å². The molecule has 0 aromatic heterocycles. The lowest BCUT2D eigenvalue weighted by atomic mass is 9.94. The van der Waals surface area contributed by atoms with E-state index in [-0.39, 0.29) is 13.2 Å². The summed E-state index contributed by atoms with van der Waals surface area (Å²) in [6.45, 7) is -0.745. The minimum absolute atomic E-state index is 0.0182. The molecule has 0 radical (unpaired) electrons. The van der Waals surface area contributed by atoms with Crippen molar-refractivity contribution in [2.45, 2.75) is 19.0 Å². The number of halogens is 2. The van der Waals surface area contributed by atoms with E-state index < -0.39 is 36.9 Å². The third kappa shape index (κ3) is 3.68. The molecule has 114 valence electrons. The molecule has 0 aliphatic carbocycles. The van der Waals surface area contributed by atoms with Crippen molar-refractivity contribution in [3.05, 3.63) is 35.9 Å². The van der Waals surface area contributed by atoms with E-state index in [9.17, 15) is 18.4 Å². The molecule has 1 N–H and O–H groups in total. The second-order valence-electron chi connectivity index (χ2n) is 4.89. The Hall–Kier alpha value is -2.18. The summed E-state index contributed by atoms with van der Waals surface area (Å²) in [5.74, 6) is -6.81. The Morgan fingerprint density at radius 3 is 2.62 bits per heavy atom. The normalized spacial score (nSPS) is 20.9. The number of piperidine rings is 1. The van der Waals surface area contributed by atoms with Crippen LogP contribution in [0.4, 0.5) is 13.6 Å². The van der Waals surface area contributed by atoms with E-state index in [1.165, 1.54) is 0 Å². The van der Waals surface area contributed by atoms with Gasteiger partial charge in [-0.3, -0.25) is 4.79 Å². The Bertz CT molecular complexity index is 521. The molecule has 1 heterocycles. The predicted octanol–water partition coefficient (Wildman–Crippen LogP) is 2.37. The quantitative estimate of drug-likeness (QED) is 0.930. The number of carboxylic acid groups (broad SMARTS) is 1. The molecule has 0 spiro atoms. The summed E-state index contributed by atoms with van der Waals surface area (Å²) in [5.41, 5.74) is 0.767. The second kappa shape index (κ2) is 6.07. The molecule has 7 heteroatoms. The van der Waals surface area contributed by atoms with Crippen molar-refractivity contribution < 1.29 is 28.2 Å². The zero-order valence-electron chi connectivity index (χ0n) is 11.2. The molecule has 1 fully saturated rings. The van der Waals surface area contributed by atoms with Gasteiger partial charge in [0.2, 0.25) is 0 Å². The highest BCUT2D eigenvalue weighted by Gasteiger charge is 2.49. The van der Waals surface area contributed by atoms with Gasteiger partial charge in [0.25, 0.3) is 5.92 Å². The van der Waals surface area contributed by atoms with E-state index >= 15 is 0 Å². The number of hydrogen-bond donors (Lipinski definition) is 1. The monoisotopic (exact) mass is 299 g/mol. The maximum Gasteiger partial charge on any atom is 0.410 e. The summed E-state index contributed by atoms with van der Waals surface area (Å²) < 4.78 is 31.9. The highest BCUT2D eigenvalue weighted by atomic mass is 19.3. The highest BCUT2D eigenvalue weighted by molar-refractivity contribution is 5.74. The zero-order valence-corrected chi connectivity index (χ0v) is 11.2. The van der Waals surface area contributed by atoms with Gasteiger partial charge in [-0.25, -0.2) is 13.6 Å². The van der Waals surface area contributed by atoms with Crippen LogP contribution in [0.5, 0.6) is 0 Å². The number of amides is 1. The van der Waals surface area contributed by atoms with Crippen LogP contribution < -0.4 is 0 Å². The van der Waals surface area contributed by atoms with Crippen LogP contribution in [0.1, 0.15) is 12.0 Å². The molecule has 1 unspecified atom stereocenters. The number of nitrogens with zero attached hydrogens (tertiary/aromatic N) is 1. The van der Waals surface area contributed by atoms with Crippen LogP contribution >= 0.6 is 0 Å². The molecule has 1 saturated heterocycles. The first kappa shape index (κ1) is 15.2. The lowest BCUT2D eigenvalue weighted by molar-refractivity contribution is -0.165. The molecule has 1 aromatic rings. The number of hydrogen-bond acceptors (Lipinski definition) is 3. The Balaban J connectivity index is 1.93. The summed E-state index contributed by atoms with van der Waals surface area (Å²) >= 11 is 0. The molecule has 1 amide bonds. The molecule has 1 aromatic carbocycles. The minimum Gasteiger partial charge on any atom is -0.481 e. The maximum absolute atomic E-state index is 13.4. The summed E-state index contributed by atoms with van der Waals surface area (Å²) in [4.78, 5) is 23.7. The summed E-state index contributed by atoms with van der Waals surface area (Å²) in [7, 11) is 0. The fourth-order valence-electron chi connectivity index (χ4n) is 2.14. The lowest BCUT2D eigenvalue weighted by Crippen LogP contribution is -2.52. The Kier molecular flexibility index (Phi) is 4.40. The van der Waals surface area contributed by atoms with Crippen molar-refractivity contribution in [3.63, 3.8) is 0 Å². The minimum atomic E-state index is -3.30. The molecule has 2 rings (SSSR count). The van der Waals surface area contributed by atoms with Crippen molar-refractivity contribution in [1.29, 1.82) is 0 Å². The number of alkyl halides is 2. The van der Waals surface area contributed by atoms with Gasteiger partial charge in [0, 0.05) is 19.5 Å². The number of likely N-dealkylation sites (tertiary alicyclic amines) is 1. The first-order chi connectivity index (χ1) is 9.90. The van der Waals surface area contributed by atoms with Gasteiger partial charge in [-0.15, -0.1) is 0 Å². The first-order valence-corrected chi connectivity index (χ1v) is 6.46. The number of carbonyl (C=O) groups is 2. The van der Waals surface area contributed by atoms with Crippen molar-refractivity contribution in [2.75, 3.05) is 13.1 Å². The van der Waals surface area contributed by atoms with Gasteiger partial charge >= 0.3 is 12.1 Å². The lowest BCUT2D eigenvalue weighted by Gasteiger charge is -2.35. The molecule has 5 nitrogen and oxygen atoms in total. The van der Waals surface area contributed by atoms with E-state index in [4.69, 9.17) is 9.84 Å². The third-order valence-electron chi connectivity index (χ3n) is 3.39. The Morgan fingerprint density at radius 1 is 1.33 bits per heavy atom. The van der Waals surface area contributed by atoms with Gasteiger partial charge in [0.05, 0.1) is 0 Å². The van der Waals surface area contributed by atoms with Crippen LogP contribution in [0.3, 0.4) is 0 Å². The van der Waals surface area contributed by atoms with Crippen molar-refractivity contribution in [3.8, 4) is 0 Å². The van der Waals surface area contributed by atoms with Gasteiger partial charge in [-0.2, -0.15) is 0 Å². The number of benzene rings is 1. The van der Waals surface area contributed by atoms with Gasteiger partial charge in [0.1, 0.15) is 12.5 Å². The molecule has 0 bridgehead atoms. The summed E-state index contributed by atoms with van der Waals surface area (Å²) in [6, 6.07) is 8.90. The van der Waals surface area contributed by atoms with Crippen molar-refractivity contribution in [2.24, 2.45) is 5.92 Å². The second-order valence-corrected chi connectivity index (χ2v) is 4.89. The van der Waals surface area contributed by atoms with Crippen molar-refractivity contribution >= 4 is 12.1 Å². The number of aliphatic carboxylic acids is 1. The van der Waals surface area contributed by atoms with Crippen LogP contribution in [0, 0.1) is 5.92 Å². The van der Waals surface area contributed by atoms with Gasteiger partial charge in [-0.1, -0.05) is 30.3 Å². The van der Waals surface area contributed by atoms with Crippen LogP contribution in [-0.4, -0.2) is 41.1 Å². The van der Waals surface area contributed by atoms with E-state index in [2.05, 4.69) is 0 Å². The SMILES string of the molecule is O=C(O)C1CN(C(=O)OCc2ccccc2)CCC1(F)F. The summed E-state index contributed by atoms with van der Waals surface area (Å²) in [6.07, 6.45) is -1.45. The third-order valence-corrected chi connectivity index (χ3v) is 3.39. The van der Waals surface area contributed by atoms with Gasteiger partial charge in [0.15, 0.2) is 0 Å². The number of ether oxygens (including phenoxy) is 1. The topological polar surface area (TPSA) is 66.8 Å². The van der Waals surface area contributed by atoms with Gasteiger partial charge in [-0.05, 0) is 5.56 Å². The standard InChI is InChI=1S/C14H15F2NO4/c15-14(16)6-7-17(8-11(14)12(18)19)13(20)21-9-10-4-2-1-3-5-10/h1-5,11H,6-9H2,(H,18,19). The number of carboxylic acids is 1. The largest absolute Gasteiger partial charge is 0.481 e. The highest BCUT2D eigenvalue weighted by Crippen LogP contribution is 2.33. The molecular formula is C14H15F2NO4. The van der Waals surface area contributed by atoms with E-state index in [1.54, 1.807) is 24.3 Å². The Morgan fingerprint density at radius 2 is 2.00 bits per heavy atom. The van der Waals surface area contributed by atoms with Crippen LogP contribution in [0.2, 0.25) is 0 Å². The fraction of sp³-hybridized carbons (Fsp3) is 0.429. The number of rotatable bonds is 3. The van der Waals surface area contributed by atoms with E-state index in [0.717, 1.165) is 10.5 Å². The van der Waals surface area contributed by atoms with Crippen LogP contribution in [0.15, 0.2) is 30.3 Å². The van der Waals surface area contributed by atoms with E-state index in [1.807, 2.05) is 6.07 Å². The van der Waals surface area contributed by atoms with Gasteiger partial charge < -0.3 is 14.7 Å². The molecule has 0 saturated carbocycles. The Labute approximate surface area is 120 Å². The van der Waals surface area contributed by atoms with Crippen LogP contribution in [0.25, 0.3) is 0 Å². The predicted molar refractivity (Wildman–Crippen MR) is 68.9 cm³/mol. The van der Waals surface area contributed by atoms with Crippen LogP contribution in [-0.2, 0) is 16.1 Å².